The highest BCUT2D eigenvalue weighted by atomic mass is 32.1. The Morgan fingerprint density at radius 3 is 2.71 bits per heavy atom. The summed E-state index contributed by atoms with van der Waals surface area (Å²) in [5, 5.41) is 5.73. The van der Waals surface area contributed by atoms with Crippen LogP contribution in [-0.2, 0) is 4.79 Å². The van der Waals surface area contributed by atoms with Gasteiger partial charge in [0.2, 0.25) is 11.9 Å². The van der Waals surface area contributed by atoms with Gasteiger partial charge in [0, 0.05) is 40.9 Å². The van der Waals surface area contributed by atoms with Crippen LogP contribution in [0.4, 0.5) is 21.8 Å². The molecule has 0 saturated carbocycles. The lowest BCUT2D eigenvalue weighted by atomic mass is 10.1. The second-order valence-corrected chi connectivity index (χ2v) is 9.95. The number of carbonyl (C=O) groups excluding carboxylic acids is 1. The van der Waals surface area contributed by atoms with Gasteiger partial charge < -0.3 is 30.2 Å². The van der Waals surface area contributed by atoms with Crippen molar-refractivity contribution in [1.29, 1.82) is 0 Å². The third kappa shape index (κ3) is 5.47. The number of hydrogen-bond acceptors (Lipinski definition) is 12. The number of nitrogen functional groups attached to an aromatic ring is 1. The minimum Gasteiger partial charge on any atom is -0.493 e. The zero-order valence-corrected chi connectivity index (χ0v) is 23.0. The first-order chi connectivity index (χ1) is 20.4. The lowest BCUT2D eigenvalue weighted by molar-refractivity contribution is -0.134. The van der Waals surface area contributed by atoms with Gasteiger partial charge in [-0.3, -0.25) is 4.79 Å². The molecule has 0 aliphatic carbocycles. The van der Waals surface area contributed by atoms with Crippen LogP contribution in [0.2, 0.25) is 0 Å². The molecule has 3 N–H and O–H groups in total. The number of likely N-dealkylation sites (tertiary alicyclic amines) is 1. The molecule has 1 saturated heterocycles. The summed E-state index contributed by atoms with van der Waals surface area (Å²) in [5.74, 6) is 1.02. The number of amides is 1. The molecule has 14 heteroatoms. The predicted octanol–water partition coefficient (Wildman–Crippen LogP) is 4.58. The average Bonchev–Trinajstić information content (AvgIpc) is 3.44. The van der Waals surface area contributed by atoms with Crippen molar-refractivity contribution in [2.24, 2.45) is 0 Å². The number of fused-ring (bicyclic) bond motifs is 1. The van der Waals surface area contributed by atoms with Gasteiger partial charge in [-0.15, -0.1) is 0 Å². The fourth-order valence-electron chi connectivity index (χ4n) is 4.21. The predicted molar refractivity (Wildman–Crippen MR) is 155 cm³/mol. The standard InChI is InChI=1S/C28H23FN8O4S/c1-3-25(38)37-11-17(12-37)40-24-7-18-21(8-23(24)39-2)33-14-34-26(18)35-20-5-4-16(6-19(20)29)41-28-36-22(13-42-28)15-9-31-27(30)32-10-15/h3-10,13-14,17H,1,11-12H2,2H3,(H2,30,31,32)(H,33,34,35). The summed E-state index contributed by atoms with van der Waals surface area (Å²) in [6.45, 7) is 4.37. The summed E-state index contributed by atoms with van der Waals surface area (Å²) >= 11 is 1.25. The van der Waals surface area contributed by atoms with Gasteiger partial charge in [-0.1, -0.05) is 17.9 Å². The highest BCUT2D eigenvalue weighted by molar-refractivity contribution is 7.11. The van der Waals surface area contributed by atoms with Crippen LogP contribution in [0.1, 0.15) is 0 Å². The smallest absolute Gasteiger partial charge is 0.279 e. The summed E-state index contributed by atoms with van der Waals surface area (Å²) in [6, 6.07) is 7.86. The van der Waals surface area contributed by atoms with Crippen molar-refractivity contribution in [3.05, 3.63) is 72.9 Å². The van der Waals surface area contributed by atoms with Crippen molar-refractivity contribution < 1.29 is 23.4 Å². The van der Waals surface area contributed by atoms with E-state index >= 15 is 4.39 Å². The SMILES string of the molecule is C=CC(=O)N1CC(Oc2cc3c(Nc4ccc(Oc5nc(-c6cnc(N)nc6)cs5)cc4F)ncnc3cc2OC)C1. The fourth-order valence-corrected chi connectivity index (χ4v) is 4.91. The average molecular weight is 587 g/mol. The molecule has 12 nitrogen and oxygen atoms in total. The number of ether oxygens (including phenoxy) is 3. The molecule has 3 aromatic heterocycles. The number of carbonyl (C=O) groups is 1. The maximum absolute atomic E-state index is 15.2. The summed E-state index contributed by atoms with van der Waals surface area (Å²) < 4.78 is 32.6. The Bertz CT molecular complexity index is 1790. The number of rotatable bonds is 9. The molecule has 6 rings (SSSR count). The molecule has 2 aromatic carbocycles. The first-order valence-corrected chi connectivity index (χ1v) is 13.5. The normalized spacial score (nSPS) is 13.0. The van der Waals surface area contributed by atoms with Gasteiger partial charge in [0.15, 0.2) is 11.5 Å². The molecular weight excluding hydrogens is 563 g/mol. The van der Waals surface area contributed by atoms with Gasteiger partial charge in [0.05, 0.1) is 37.1 Å². The van der Waals surface area contributed by atoms with Crippen LogP contribution in [0.15, 0.2) is 67.1 Å². The number of anilines is 3. The molecule has 4 heterocycles. The van der Waals surface area contributed by atoms with Gasteiger partial charge >= 0.3 is 0 Å². The van der Waals surface area contributed by atoms with Crippen molar-refractivity contribution in [3.8, 4) is 33.7 Å². The first kappa shape index (κ1) is 26.8. The molecule has 1 aliphatic rings. The Labute approximate surface area is 242 Å². The van der Waals surface area contributed by atoms with Gasteiger partial charge in [-0.25, -0.2) is 29.3 Å². The molecule has 212 valence electrons. The van der Waals surface area contributed by atoms with Crippen LogP contribution in [0.25, 0.3) is 22.2 Å². The molecule has 42 heavy (non-hydrogen) atoms. The fraction of sp³-hybridized carbons (Fsp3) is 0.143. The van der Waals surface area contributed by atoms with E-state index in [0.29, 0.717) is 57.8 Å². The number of halogens is 1. The van der Waals surface area contributed by atoms with Crippen molar-refractivity contribution in [2.45, 2.75) is 6.10 Å². The maximum Gasteiger partial charge on any atom is 0.279 e. The van der Waals surface area contributed by atoms with Crippen LogP contribution in [0, 0.1) is 5.82 Å². The Kier molecular flexibility index (Phi) is 7.19. The van der Waals surface area contributed by atoms with Crippen molar-refractivity contribution in [1.82, 2.24) is 29.8 Å². The number of thiazole rings is 1. The van der Waals surface area contributed by atoms with E-state index in [2.05, 4.69) is 36.8 Å². The molecule has 0 bridgehead atoms. The zero-order valence-electron chi connectivity index (χ0n) is 22.2. The van der Waals surface area contributed by atoms with Gasteiger partial charge in [0.1, 0.15) is 29.8 Å². The van der Waals surface area contributed by atoms with Gasteiger partial charge in [0.25, 0.3) is 5.19 Å². The van der Waals surface area contributed by atoms with Crippen molar-refractivity contribution >= 4 is 45.6 Å². The van der Waals surface area contributed by atoms with Crippen LogP contribution >= 0.6 is 11.3 Å². The number of nitrogens with zero attached hydrogens (tertiary/aromatic N) is 6. The van der Waals surface area contributed by atoms with E-state index in [1.807, 2.05) is 0 Å². The third-order valence-corrected chi connectivity index (χ3v) is 7.12. The van der Waals surface area contributed by atoms with E-state index in [9.17, 15) is 4.79 Å². The van der Waals surface area contributed by atoms with Gasteiger partial charge in [-0.05, 0) is 24.3 Å². The number of aromatic nitrogens is 5. The summed E-state index contributed by atoms with van der Waals surface area (Å²) in [6.07, 6.45) is 5.57. The van der Waals surface area contributed by atoms with Crippen LogP contribution in [0.3, 0.4) is 0 Å². The molecule has 0 radical (unpaired) electrons. The van der Waals surface area contributed by atoms with Crippen molar-refractivity contribution in [3.63, 3.8) is 0 Å². The third-order valence-electron chi connectivity index (χ3n) is 6.40. The van der Waals surface area contributed by atoms with E-state index < -0.39 is 5.82 Å². The maximum atomic E-state index is 15.2. The lowest BCUT2D eigenvalue weighted by Crippen LogP contribution is -2.55. The Balaban J connectivity index is 1.19. The number of nitrogens with two attached hydrogens (primary N) is 1. The molecule has 1 amide bonds. The van der Waals surface area contributed by atoms with Crippen molar-refractivity contribution in [2.75, 3.05) is 31.2 Å². The summed E-state index contributed by atoms with van der Waals surface area (Å²) in [5.41, 5.74) is 7.58. The minimum atomic E-state index is -0.561. The summed E-state index contributed by atoms with van der Waals surface area (Å²) in [7, 11) is 1.53. The monoisotopic (exact) mass is 586 g/mol. The number of nitrogens with one attached hydrogen (secondary N) is 1. The Hall–Kier alpha value is -5.37. The zero-order chi connectivity index (χ0) is 29.2. The van der Waals surface area contributed by atoms with Gasteiger partial charge in [-0.2, -0.15) is 0 Å². The van der Waals surface area contributed by atoms with E-state index in [4.69, 9.17) is 19.9 Å². The lowest BCUT2D eigenvalue weighted by Gasteiger charge is -2.38. The van der Waals surface area contributed by atoms with E-state index in [-0.39, 0.29) is 29.4 Å². The van der Waals surface area contributed by atoms with Crippen LogP contribution in [-0.4, -0.2) is 62.0 Å². The quantitative estimate of drug-likeness (QED) is 0.234. The van der Waals surface area contributed by atoms with E-state index in [1.165, 1.54) is 36.9 Å². The topological polar surface area (TPSA) is 150 Å². The highest BCUT2D eigenvalue weighted by Crippen LogP contribution is 2.37. The first-order valence-electron chi connectivity index (χ1n) is 12.6. The second kappa shape index (κ2) is 11.2. The largest absolute Gasteiger partial charge is 0.493 e. The van der Waals surface area contributed by atoms with Crippen LogP contribution < -0.4 is 25.3 Å². The highest BCUT2D eigenvalue weighted by Gasteiger charge is 2.31. The molecule has 0 unspecified atom stereocenters. The molecule has 0 spiro atoms. The Morgan fingerprint density at radius 1 is 1.17 bits per heavy atom. The van der Waals surface area contributed by atoms with E-state index in [0.717, 1.165) is 0 Å². The molecule has 5 aromatic rings. The number of methoxy groups -OCH3 is 1. The van der Waals surface area contributed by atoms with Crippen LogP contribution in [0.5, 0.6) is 22.4 Å². The minimum absolute atomic E-state index is 0.150. The number of hydrogen-bond donors (Lipinski definition) is 2. The molecule has 0 atom stereocenters. The Morgan fingerprint density at radius 2 is 1.98 bits per heavy atom. The molecular formula is C28H23FN8O4S. The molecule has 1 aliphatic heterocycles. The molecule has 1 fully saturated rings. The number of benzene rings is 2. The second-order valence-electron chi connectivity index (χ2n) is 9.13. The summed E-state index contributed by atoms with van der Waals surface area (Å²) in [4.78, 5) is 34.4. The van der Waals surface area contributed by atoms with E-state index in [1.54, 1.807) is 46.9 Å².